The fraction of sp³-hybridized carbons (Fsp3) is 0.647. The molecule has 19 heavy (non-hydrogen) atoms. The number of piperidine rings is 1. The molecule has 0 amide bonds. The number of anilines is 1. The molecule has 1 aliphatic heterocycles. The zero-order valence-electron chi connectivity index (χ0n) is 12.9. The van der Waals surface area contributed by atoms with Crippen molar-refractivity contribution in [1.29, 1.82) is 0 Å². The molecule has 0 aliphatic carbocycles. The lowest BCUT2D eigenvalue weighted by atomic mass is 9.87. The van der Waals surface area contributed by atoms with Crippen molar-refractivity contribution in [3.05, 3.63) is 29.8 Å². The van der Waals surface area contributed by atoms with E-state index in [2.05, 4.69) is 62.2 Å². The molecule has 0 saturated carbocycles. The smallest absolute Gasteiger partial charge is 0.0366 e. The Morgan fingerprint density at radius 3 is 2.16 bits per heavy atom. The van der Waals surface area contributed by atoms with E-state index in [-0.39, 0.29) is 5.41 Å². The lowest BCUT2D eigenvalue weighted by Crippen LogP contribution is -2.42. The quantitative estimate of drug-likeness (QED) is 0.894. The highest BCUT2D eigenvalue weighted by Crippen LogP contribution is 2.26. The largest absolute Gasteiger partial charge is 0.371 e. The van der Waals surface area contributed by atoms with Gasteiger partial charge in [-0.3, -0.25) is 0 Å². The van der Waals surface area contributed by atoms with Gasteiger partial charge in [0.25, 0.3) is 0 Å². The lowest BCUT2D eigenvalue weighted by molar-refractivity contribution is 0.424. The summed E-state index contributed by atoms with van der Waals surface area (Å²) in [5.41, 5.74) is 3.04. The highest BCUT2D eigenvalue weighted by atomic mass is 15.1. The molecule has 106 valence electrons. The van der Waals surface area contributed by atoms with Gasteiger partial charge in [-0.2, -0.15) is 0 Å². The Morgan fingerprint density at radius 2 is 1.68 bits per heavy atom. The van der Waals surface area contributed by atoms with E-state index in [9.17, 15) is 0 Å². The average molecular weight is 260 g/mol. The van der Waals surface area contributed by atoms with Crippen molar-refractivity contribution in [2.45, 2.75) is 52.0 Å². The summed E-state index contributed by atoms with van der Waals surface area (Å²) in [6, 6.07) is 9.86. The maximum Gasteiger partial charge on any atom is 0.0366 e. The average Bonchev–Trinajstić information content (AvgIpc) is 2.39. The summed E-state index contributed by atoms with van der Waals surface area (Å²) in [6.45, 7) is 12.4. The minimum Gasteiger partial charge on any atom is -0.371 e. The summed E-state index contributed by atoms with van der Waals surface area (Å²) in [5.74, 6) is 0. The number of hydrogen-bond acceptors (Lipinski definition) is 2. The Morgan fingerprint density at radius 1 is 1.11 bits per heavy atom. The standard InChI is InChI=1S/C17H28N2/c1-5-18-15-10-12-19(13-11-15)16-8-6-14(7-9-16)17(2,3)4/h6-9,15,18H,5,10-13H2,1-4H3. The van der Waals surface area contributed by atoms with Gasteiger partial charge in [-0.25, -0.2) is 0 Å². The maximum atomic E-state index is 3.56. The molecule has 1 N–H and O–H groups in total. The molecule has 1 aromatic rings. The van der Waals surface area contributed by atoms with Gasteiger partial charge in [-0.1, -0.05) is 39.8 Å². The lowest BCUT2D eigenvalue weighted by Gasteiger charge is -2.34. The van der Waals surface area contributed by atoms with Gasteiger partial charge in [0.1, 0.15) is 0 Å². The second-order valence-corrected chi connectivity index (χ2v) is 6.62. The first-order valence-corrected chi connectivity index (χ1v) is 7.59. The van der Waals surface area contributed by atoms with Crippen molar-refractivity contribution >= 4 is 5.69 Å². The van der Waals surface area contributed by atoms with Crippen molar-refractivity contribution in [3.8, 4) is 0 Å². The Kier molecular flexibility index (Phi) is 4.51. The van der Waals surface area contributed by atoms with E-state index in [0.29, 0.717) is 0 Å². The molecule has 0 aromatic heterocycles. The van der Waals surface area contributed by atoms with Crippen LogP contribution in [0.4, 0.5) is 5.69 Å². The molecule has 0 unspecified atom stereocenters. The Bertz CT molecular complexity index is 381. The van der Waals surface area contributed by atoms with Gasteiger partial charge < -0.3 is 10.2 Å². The van der Waals surface area contributed by atoms with E-state index >= 15 is 0 Å². The fourth-order valence-electron chi connectivity index (χ4n) is 2.80. The summed E-state index contributed by atoms with van der Waals surface area (Å²) in [6.07, 6.45) is 2.52. The minimum absolute atomic E-state index is 0.247. The van der Waals surface area contributed by atoms with E-state index in [4.69, 9.17) is 0 Å². The van der Waals surface area contributed by atoms with Gasteiger partial charge in [-0.15, -0.1) is 0 Å². The first-order valence-electron chi connectivity index (χ1n) is 7.59. The van der Waals surface area contributed by atoms with Crippen molar-refractivity contribution in [3.63, 3.8) is 0 Å². The number of hydrogen-bond donors (Lipinski definition) is 1. The van der Waals surface area contributed by atoms with Crippen LogP contribution in [0.5, 0.6) is 0 Å². The number of rotatable bonds is 3. The van der Waals surface area contributed by atoms with Crippen LogP contribution < -0.4 is 10.2 Å². The number of nitrogens with zero attached hydrogens (tertiary/aromatic N) is 1. The molecule has 0 spiro atoms. The van der Waals surface area contributed by atoms with Gasteiger partial charge in [-0.05, 0) is 42.5 Å². The summed E-state index contributed by atoms with van der Waals surface area (Å²) in [7, 11) is 0. The van der Waals surface area contributed by atoms with E-state index in [1.54, 1.807) is 0 Å². The molecular formula is C17H28N2. The predicted molar refractivity (Wildman–Crippen MR) is 84.1 cm³/mol. The molecular weight excluding hydrogens is 232 g/mol. The Labute approximate surface area is 118 Å². The SMILES string of the molecule is CCNC1CCN(c2ccc(C(C)(C)C)cc2)CC1. The van der Waals surface area contributed by atoms with Crippen LogP contribution in [0.25, 0.3) is 0 Å². The monoisotopic (exact) mass is 260 g/mol. The third-order valence-electron chi connectivity index (χ3n) is 4.09. The summed E-state index contributed by atoms with van der Waals surface area (Å²) in [4.78, 5) is 2.51. The molecule has 1 aromatic carbocycles. The molecule has 0 radical (unpaired) electrons. The van der Waals surface area contributed by atoms with Crippen LogP contribution in [0.1, 0.15) is 46.1 Å². The zero-order valence-corrected chi connectivity index (χ0v) is 12.9. The molecule has 0 bridgehead atoms. The Hall–Kier alpha value is -1.02. The summed E-state index contributed by atoms with van der Waals surface area (Å²) >= 11 is 0. The van der Waals surface area contributed by atoms with Crippen LogP contribution in [0.15, 0.2) is 24.3 Å². The maximum absolute atomic E-state index is 3.56. The summed E-state index contributed by atoms with van der Waals surface area (Å²) < 4.78 is 0. The third-order valence-corrected chi connectivity index (χ3v) is 4.09. The highest BCUT2D eigenvalue weighted by Gasteiger charge is 2.19. The van der Waals surface area contributed by atoms with Crippen molar-refractivity contribution in [2.75, 3.05) is 24.5 Å². The van der Waals surface area contributed by atoms with Crippen LogP contribution >= 0.6 is 0 Å². The van der Waals surface area contributed by atoms with Crippen molar-refractivity contribution < 1.29 is 0 Å². The topological polar surface area (TPSA) is 15.3 Å². The first-order chi connectivity index (χ1) is 9.00. The van der Waals surface area contributed by atoms with Gasteiger partial charge in [0, 0.05) is 24.8 Å². The van der Waals surface area contributed by atoms with E-state index in [0.717, 1.165) is 12.6 Å². The van der Waals surface area contributed by atoms with Gasteiger partial charge >= 0.3 is 0 Å². The minimum atomic E-state index is 0.247. The van der Waals surface area contributed by atoms with Crippen LogP contribution in [0.3, 0.4) is 0 Å². The molecule has 2 heteroatoms. The van der Waals surface area contributed by atoms with E-state index in [1.165, 1.54) is 37.2 Å². The molecule has 1 heterocycles. The molecule has 0 atom stereocenters. The van der Waals surface area contributed by atoms with E-state index < -0.39 is 0 Å². The van der Waals surface area contributed by atoms with Crippen LogP contribution in [0, 0.1) is 0 Å². The molecule has 1 saturated heterocycles. The first kappa shape index (κ1) is 14.4. The molecule has 2 nitrogen and oxygen atoms in total. The zero-order chi connectivity index (χ0) is 13.9. The summed E-state index contributed by atoms with van der Waals surface area (Å²) in [5, 5.41) is 3.56. The van der Waals surface area contributed by atoms with Gasteiger partial charge in [0.2, 0.25) is 0 Å². The second-order valence-electron chi connectivity index (χ2n) is 6.62. The van der Waals surface area contributed by atoms with Gasteiger partial charge in [0.05, 0.1) is 0 Å². The highest BCUT2D eigenvalue weighted by molar-refractivity contribution is 5.49. The van der Waals surface area contributed by atoms with E-state index in [1.807, 2.05) is 0 Å². The number of benzene rings is 1. The third kappa shape index (κ3) is 3.73. The predicted octanol–water partition coefficient (Wildman–Crippen LogP) is 3.56. The van der Waals surface area contributed by atoms with Crippen LogP contribution in [0.2, 0.25) is 0 Å². The van der Waals surface area contributed by atoms with Crippen LogP contribution in [-0.2, 0) is 5.41 Å². The fourth-order valence-corrected chi connectivity index (χ4v) is 2.80. The molecule has 1 aliphatic rings. The normalized spacial score (nSPS) is 17.8. The molecule has 1 fully saturated rings. The number of nitrogens with one attached hydrogen (secondary N) is 1. The van der Waals surface area contributed by atoms with Crippen molar-refractivity contribution in [1.82, 2.24) is 5.32 Å². The van der Waals surface area contributed by atoms with Gasteiger partial charge in [0.15, 0.2) is 0 Å². The molecule has 2 rings (SSSR count). The van der Waals surface area contributed by atoms with Crippen molar-refractivity contribution in [2.24, 2.45) is 0 Å². The Balaban J connectivity index is 1.97. The van der Waals surface area contributed by atoms with Crippen LogP contribution in [-0.4, -0.2) is 25.7 Å². The second kappa shape index (κ2) is 5.96.